The van der Waals surface area contributed by atoms with Crippen LogP contribution in [0.5, 0.6) is 0 Å². The lowest BCUT2D eigenvalue weighted by Gasteiger charge is -2.31. The number of nitrogens with zero attached hydrogens (tertiary/aromatic N) is 5. The van der Waals surface area contributed by atoms with E-state index in [1.165, 1.54) is 0 Å². The number of aliphatic hydroxyl groups is 1. The van der Waals surface area contributed by atoms with Gasteiger partial charge in [0.05, 0.1) is 12.5 Å². The predicted octanol–water partition coefficient (Wildman–Crippen LogP) is 1.61. The van der Waals surface area contributed by atoms with Crippen molar-refractivity contribution in [2.45, 2.75) is 45.3 Å². The smallest absolute Gasteiger partial charge is 0.222 e. The van der Waals surface area contributed by atoms with Crippen LogP contribution >= 0.6 is 0 Å². The number of ketones is 1. The van der Waals surface area contributed by atoms with Crippen molar-refractivity contribution in [1.82, 2.24) is 29.3 Å². The SMILES string of the molecule is Cc1cnc2n1C=C(CCCC(=O)N1CCC(C(=O)c3cncn3C)CC1)NC2O. The van der Waals surface area contributed by atoms with Gasteiger partial charge in [0.2, 0.25) is 5.91 Å². The van der Waals surface area contributed by atoms with Gasteiger partial charge in [0, 0.05) is 56.3 Å². The van der Waals surface area contributed by atoms with Gasteiger partial charge in [-0.2, -0.15) is 0 Å². The molecule has 9 nitrogen and oxygen atoms in total. The maximum atomic E-state index is 12.6. The van der Waals surface area contributed by atoms with E-state index in [0.717, 1.165) is 11.4 Å². The molecule has 2 aromatic heterocycles. The van der Waals surface area contributed by atoms with Gasteiger partial charge >= 0.3 is 0 Å². The molecule has 30 heavy (non-hydrogen) atoms. The van der Waals surface area contributed by atoms with Crippen LogP contribution in [0.1, 0.15) is 60.3 Å². The summed E-state index contributed by atoms with van der Waals surface area (Å²) < 4.78 is 3.63. The molecule has 2 aliphatic heterocycles. The number of nitrogens with one attached hydrogen (secondary N) is 1. The Balaban J connectivity index is 1.24. The minimum Gasteiger partial charge on any atom is -0.367 e. The van der Waals surface area contributed by atoms with Crippen molar-refractivity contribution < 1.29 is 14.7 Å². The van der Waals surface area contributed by atoms with Gasteiger partial charge in [0.15, 0.2) is 17.8 Å². The average Bonchev–Trinajstić information content (AvgIpc) is 3.33. The van der Waals surface area contributed by atoms with Crippen LogP contribution in [0.25, 0.3) is 6.20 Å². The topological polar surface area (TPSA) is 105 Å². The van der Waals surface area contributed by atoms with Crippen LogP contribution < -0.4 is 5.32 Å². The zero-order chi connectivity index (χ0) is 21.3. The first-order chi connectivity index (χ1) is 14.4. The number of carbonyl (C=O) groups is 2. The van der Waals surface area contributed by atoms with Crippen LogP contribution in [0.15, 0.2) is 24.4 Å². The molecule has 2 N–H and O–H groups in total. The van der Waals surface area contributed by atoms with E-state index in [-0.39, 0.29) is 17.6 Å². The summed E-state index contributed by atoms with van der Waals surface area (Å²) in [6, 6.07) is 0. The zero-order valence-corrected chi connectivity index (χ0v) is 17.4. The summed E-state index contributed by atoms with van der Waals surface area (Å²) in [5, 5.41) is 13.2. The Bertz CT molecular complexity index is 967. The van der Waals surface area contributed by atoms with Crippen LogP contribution in [0.3, 0.4) is 0 Å². The summed E-state index contributed by atoms with van der Waals surface area (Å²) in [5.41, 5.74) is 2.48. The Morgan fingerprint density at radius 3 is 2.73 bits per heavy atom. The first-order valence-electron chi connectivity index (χ1n) is 10.4. The Hall–Kier alpha value is -2.94. The highest BCUT2D eigenvalue weighted by Gasteiger charge is 2.29. The van der Waals surface area contributed by atoms with Gasteiger partial charge in [0.1, 0.15) is 5.69 Å². The maximum absolute atomic E-state index is 12.6. The molecule has 4 heterocycles. The number of rotatable bonds is 6. The molecule has 0 aromatic carbocycles. The number of carbonyl (C=O) groups excluding carboxylic acids is 2. The molecule has 0 spiro atoms. The molecule has 1 saturated heterocycles. The normalized spacial score (nSPS) is 19.2. The third-order valence-electron chi connectivity index (χ3n) is 5.99. The van der Waals surface area contributed by atoms with Crippen molar-refractivity contribution in [3.63, 3.8) is 0 Å². The van der Waals surface area contributed by atoms with Crippen molar-refractivity contribution in [3.05, 3.63) is 41.6 Å². The van der Waals surface area contributed by atoms with Crippen molar-refractivity contribution in [1.29, 1.82) is 0 Å². The van der Waals surface area contributed by atoms with E-state index in [0.29, 0.717) is 56.7 Å². The van der Waals surface area contributed by atoms with Gasteiger partial charge in [-0.1, -0.05) is 0 Å². The highest BCUT2D eigenvalue weighted by atomic mass is 16.3. The standard InChI is InChI=1S/C21H28N6O3/c1-14-10-23-20-21(30)24-16(12-27(14)20)4-3-5-18(28)26-8-6-15(7-9-26)19(29)17-11-22-13-25(17)2/h10-13,15,21,24,30H,3-9H2,1-2H3. The van der Waals surface area contributed by atoms with Crippen molar-refractivity contribution in [3.8, 4) is 0 Å². The Kier molecular flexibility index (Phi) is 5.72. The third kappa shape index (κ3) is 4.02. The average molecular weight is 412 g/mol. The number of aromatic nitrogens is 4. The Morgan fingerprint density at radius 2 is 2.03 bits per heavy atom. The number of likely N-dealkylation sites (tertiary alicyclic amines) is 1. The summed E-state index contributed by atoms with van der Waals surface area (Å²) in [6.45, 7) is 3.17. The fourth-order valence-corrected chi connectivity index (χ4v) is 4.19. The van der Waals surface area contributed by atoms with Crippen LogP contribution in [-0.2, 0) is 11.8 Å². The van der Waals surface area contributed by atoms with E-state index < -0.39 is 6.23 Å². The lowest BCUT2D eigenvalue weighted by atomic mass is 9.91. The van der Waals surface area contributed by atoms with Crippen molar-refractivity contribution in [2.24, 2.45) is 13.0 Å². The number of hydrogen-bond acceptors (Lipinski definition) is 6. The van der Waals surface area contributed by atoms with E-state index in [2.05, 4.69) is 15.3 Å². The van der Waals surface area contributed by atoms with E-state index in [9.17, 15) is 14.7 Å². The molecule has 0 bridgehead atoms. The van der Waals surface area contributed by atoms with Crippen LogP contribution in [0, 0.1) is 12.8 Å². The Labute approximate surface area is 175 Å². The number of allylic oxidation sites excluding steroid dienone is 1. The number of aryl methyl sites for hydroxylation is 2. The quantitative estimate of drug-likeness (QED) is 0.699. The summed E-state index contributed by atoms with van der Waals surface area (Å²) in [6.07, 6.45) is 9.29. The maximum Gasteiger partial charge on any atom is 0.222 e. The number of piperidine rings is 1. The molecule has 4 rings (SSSR count). The van der Waals surface area contributed by atoms with Gasteiger partial charge in [-0.25, -0.2) is 9.97 Å². The van der Waals surface area contributed by atoms with Crippen LogP contribution in [0.4, 0.5) is 0 Å². The Morgan fingerprint density at radius 1 is 1.27 bits per heavy atom. The molecule has 160 valence electrons. The molecule has 0 radical (unpaired) electrons. The molecule has 1 unspecified atom stereocenters. The monoisotopic (exact) mass is 412 g/mol. The second-order valence-corrected chi connectivity index (χ2v) is 8.09. The molecule has 0 aliphatic carbocycles. The summed E-state index contributed by atoms with van der Waals surface area (Å²) >= 11 is 0. The largest absolute Gasteiger partial charge is 0.367 e. The van der Waals surface area contributed by atoms with Crippen LogP contribution in [0.2, 0.25) is 0 Å². The molecule has 9 heteroatoms. The summed E-state index contributed by atoms with van der Waals surface area (Å²) in [5.74, 6) is 0.772. The van der Waals surface area contributed by atoms with E-state index in [1.807, 2.05) is 29.6 Å². The molecule has 1 fully saturated rings. The fraction of sp³-hybridized carbons (Fsp3) is 0.524. The molecule has 2 aromatic rings. The van der Waals surface area contributed by atoms with E-state index in [1.54, 1.807) is 23.3 Å². The first-order valence-corrected chi connectivity index (χ1v) is 10.4. The lowest BCUT2D eigenvalue weighted by molar-refractivity contribution is -0.132. The second kappa shape index (κ2) is 8.43. The number of amides is 1. The summed E-state index contributed by atoms with van der Waals surface area (Å²) in [4.78, 5) is 35.3. The minimum atomic E-state index is -0.828. The van der Waals surface area contributed by atoms with E-state index >= 15 is 0 Å². The molecular weight excluding hydrogens is 384 g/mol. The second-order valence-electron chi connectivity index (χ2n) is 8.09. The van der Waals surface area contributed by atoms with Crippen molar-refractivity contribution in [2.75, 3.05) is 13.1 Å². The van der Waals surface area contributed by atoms with Gasteiger partial charge in [0.25, 0.3) is 0 Å². The van der Waals surface area contributed by atoms with E-state index in [4.69, 9.17) is 0 Å². The van der Waals surface area contributed by atoms with Gasteiger partial charge in [-0.05, 0) is 32.6 Å². The number of fused-ring (bicyclic) bond motifs is 1. The lowest BCUT2D eigenvalue weighted by Crippen LogP contribution is -2.40. The number of hydrogen-bond donors (Lipinski definition) is 2. The molecule has 2 aliphatic rings. The highest BCUT2D eigenvalue weighted by Crippen LogP contribution is 2.24. The molecule has 0 saturated carbocycles. The first kappa shape index (κ1) is 20.3. The number of imidazole rings is 2. The van der Waals surface area contributed by atoms with Gasteiger partial charge in [-0.3, -0.25) is 9.59 Å². The number of aliphatic hydroxyl groups excluding tert-OH is 1. The predicted molar refractivity (Wildman–Crippen MR) is 110 cm³/mol. The minimum absolute atomic E-state index is 0.0462. The van der Waals surface area contributed by atoms with Gasteiger partial charge in [-0.15, -0.1) is 0 Å². The highest BCUT2D eigenvalue weighted by molar-refractivity contribution is 5.96. The van der Waals surface area contributed by atoms with Crippen molar-refractivity contribution >= 4 is 17.9 Å². The molecule has 1 amide bonds. The number of Topliss-reactive ketones (excluding diaryl/α,β-unsaturated/α-hetero) is 1. The third-order valence-corrected chi connectivity index (χ3v) is 5.99. The fourth-order valence-electron chi connectivity index (χ4n) is 4.19. The van der Waals surface area contributed by atoms with Gasteiger partial charge < -0.3 is 24.5 Å². The van der Waals surface area contributed by atoms with Crippen LogP contribution in [-0.4, -0.2) is 53.9 Å². The zero-order valence-electron chi connectivity index (χ0n) is 17.4. The summed E-state index contributed by atoms with van der Waals surface area (Å²) in [7, 11) is 1.82. The molecule has 1 atom stereocenters. The molecular formula is C21H28N6O3.